The largest absolute Gasteiger partial charge is 0.493 e. The molecule has 4 aliphatic rings. The molecule has 1 aromatic carbocycles. The molecule has 184 valence electrons. The van der Waals surface area contributed by atoms with E-state index in [1.165, 1.54) is 16.2 Å². The first kappa shape index (κ1) is 22.7. The van der Waals surface area contributed by atoms with Gasteiger partial charge in [-0.15, -0.1) is 11.8 Å². The molecule has 2 bridgehead atoms. The van der Waals surface area contributed by atoms with Crippen molar-refractivity contribution < 1.29 is 29.0 Å². The Hall–Kier alpha value is -2.79. The summed E-state index contributed by atoms with van der Waals surface area (Å²) in [6.07, 6.45) is 0.533. The van der Waals surface area contributed by atoms with E-state index >= 15 is 0 Å². The number of aromatic amines is 1. The van der Waals surface area contributed by atoms with Crippen molar-refractivity contribution in [3.8, 4) is 11.5 Å². The lowest BCUT2D eigenvalue weighted by molar-refractivity contribution is -0.142. The first-order valence-corrected chi connectivity index (χ1v) is 13.2. The van der Waals surface area contributed by atoms with Crippen molar-refractivity contribution in [2.24, 2.45) is 29.6 Å². The van der Waals surface area contributed by atoms with E-state index in [-0.39, 0.29) is 58.6 Å². The zero-order valence-electron chi connectivity index (χ0n) is 19.1. The summed E-state index contributed by atoms with van der Waals surface area (Å²) >= 11 is 2.82. The van der Waals surface area contributed by atoms with E-state index in [0.717, 1.165) is 21.9 Å². The molecule has 9 nitrogen and oxygen atoms in total. The molecule has 0 spiro atoms. The van der Waals surface area contributed by atoms with E-state index in [9.17, 15) is 19.2 Å². The number of fused-ring (bicyclic) bond motifs is 9. The molecule has 11 heteroatoms. The van der Waals surface area contributed by atoms with Crippen LogP contribution in [-0.2, 0) is 14.4 Å². The number of hydrogen-bond donors (Lipinski definition) is 2. The topological polar surface area (TPSA) is 126 Å². The molecule has 2 amide bonds. The number of nitrogens with one attached hydrogen (secondary N) is 1. The predicted octanol–water partition coefficient (Wildman–Crippen LogP) is 2.40. The Morgan fingerprint density at radius 3 is 2.51 bits per heavy atom. The van der Waals surface area contributed by atoms with Crippen LogP contribution in [0.25, 0.3) is 0 Å². The van der Waals surface area contributed by atoms with Gasteiger partial charge in [0.1, 0.15) is 0 Å². The number of thioether (sulfide) groups is 1. The van der Waals surface area contributed by atoms with Gasteiger partial charge in [0.15, 0.2) is 11.5 Å². The summed E-state index contributed by atoms with van der Waals surface area (Å²) in [4.78, 5) is 55.1. The van der Waals surface area contributed by atoms with Crippen LogP contribution < -0.4 is 14.3 Å². The molecule has 35 heavy (non-hydrogen) atoms. The van der Waals surface area contributed by atoms with Crippen LogP contribution in [0.15, 0.2) is 28.0 Å². The fourth-order valence-electron chi connectivity index (χ4n) is 6.93. The van der Waals surface area contributed by atoms with Gasteiger partial charge in [-0.1, -0.05) is 17.4 Å². The molecule has 1 saturated heterocycles. The van der Waals surface area contributed by atoms with Crippen molar-refractivity contribution in [3.63, 3.8) is 0 Å². The summed E-state index contributed by atoms with van der Waals surface area (Å²) < 4.78 is 11.0. The highest BCUT2D eigenvalue weighted by molar-refractivity contribution is 8.00. The average molecular weight is 517 g/mol. The van der Waals surface area contributed by atoms with Gasteiger partial charge in [-0.25, -0.2) is 0 Å². The van der Waals surface area contributed by atoms with Gasteiger partial charge in [-0.3, -0.25) is 24.1 Å². The molecular formula is C24H24N2O7S2. The zero-order valence-corrected chi connectivity index (χ0v) is 20.7. The van der Waals surface area contributed by atoms with Crippen molar-refractivity contribution in [1.82, 2.24) is 9.88 Å². The third-order valence-corrected chi connectivity index (χ3v) is 10.7. The van der Waals surface area contributed by atoms with Crippen LogP contribution in [0.1, 0.15) is 29.2 Å². The minimum Gasteiger partial charge on any atom is -0.493 e. The molecule has 7 atom stereocenters. The second-order valence-corrected chi connectivity index (χ2v) is 11.7. The summed E-state index contributed by atoms with van der Waals surface area (Å²) in [7, 11) is 3.16. The van der Waals surface area contributed by atoms with Gasteiger partial charge in [-0.05, 0) is 41.9 Å². The maximum atomic E-state index is 13.4. The minimum absolute atomic E-state index is 0.00507. The Labute approximate surface area is 208 Å². The second-order valence-electron chi connectivity index (χ2n) is 9.55. The number of imide groups is 1. The van der Waals surface area contributed by atoms with Crippen LogP contribution in [0.5, 0.6) is 11.5 Å². The van der Waals surface area contributed by atoms with Crippen LogP contribution in [-0.4, -0.2) is 58.8 Å². The maximum absolute atomic E-state index is 13.4. The Balaban J connectivity index is 1.42. The highest BCUT2D eigenvalue weighted by Crippen LogP contribution is 2.68. The van der Waals surface area contributed by atoms with Gasteiger partial charge in [-0.2, -0.15) is 0 Å². The molecule has 2 aliphatic carbocycles. The number of carbonyl (C=O) groups excluding carboxylic acids is 2. The lowest BCUT2D eigenvalue weighted by atomic mass is 9.68. The molecule has 1 aromatic heterocycles. The van der Waals surface area contributed by atoms with Crippen LogP contribution in [0.2, 0.25) is 0 Å². The van der Waals surface area contributed by atoms with Crippen molar-refractivity contribution in [3.05, 3.63) is 38.3 Å². The Morgan fingerprint density at radius 2 is 1.83 bits per heavy atom. The fourth-order valence-corrected chi connectivity index (χ4v) is 9.81. The SMILES string of the molecule is COc1ccc([C@H]2c3sc(=O)[nH]c3S[C@@H]3[C@@H]4C[C@@H]([C@@H]5C(=O)N(CCC(=O)O)C(=O)[C@@H]45)[C@H]23)cc1OC. The molecule has 2 saturated carbocycles. The first-order chi connectivity index (χ1) is 16.8. The van der Waals surface area contributed by atoms with Gasteiger partial charge in [0.05, 0.1) is 37.5 Å². The summed E-state index contributed by atoms with van der Waals surface area (Å²) in [5.41, 5.74) is 0.984. The van der Waals surface area contributed by atoms with E-state index in [1.807, 2.05) is 18.2 Å². The third-order valence-electron chi connectivity index (χ3n) is 8.13. The normalized spacial score (nSPS) is 32.4. The smallest absolute Gasteiger partial charge is 0.305 e. The molecule has 3 heterocycles. The van der Waals surface area contributed by atoms with Crippen molar-refractivity contribution in [2.75, 3.05) is 20.8 Å². The van der Waals surface area contributed by atoms with Gasteiger partial charge in [0, 0.05) is 22.6 Å². The van der Waals surface area contributed by atoms with Crippen molar-refractivity contribution in [2.45, 2.75) is 29.0 Å². The van der Waals surface area contributed by atoms with Crippen molar-refractivity contribution in [1.29, 1.82) is 0 Å². The Morgan fingerprint density at radius 1 is 1.11 bits per heavy atom. The molecule has 0 radical (unpaired) electrons. The Bertz CT molecular complexity index is 1300. The molecule has 2 aliphatic heterocycles. The number of benzene rings is 1. The van der Waals surface area contributed by atoms with E-state index in [1.54, 1.807) is 26.0 Å². The summed E-state index contributed by atoms with van der Waals surface area (Å²) in [5.74, 6) is -1.20. The molecular weight excluding hydrogens is 492 g/mol. The predicted molar refractivity (Wildman–Crippen MR) is 127 cm³/mol. The number of carboxylic acid groups (broad SMARTS) is 1. The Kier molecular flexibility index (Phi) is 5.26. The number of carbonyl (C=O) groups is 3. The van der Waals surface area contributed by atoms with Gasteiger partial charge in [0.2, 0.25) is 11.8 Å². The number of rotatable bonds is 6. The summed E-state index contributed by atoms with van der Waals surface area (Å²) in [6, 6.07) is 5.78. The van der Waals surface area contributed by atoms with E-state index < -0.39 is 17.8 Å². The standard InChI is InChI=1S/C24H24N2O7S2/c1-32-12-4-3-9(7-13(12)33-2)15-16-10-8-11(19(16)34-21-20(15)35-24(31)25-21)18-17(10)22(29)26(23(18)30)6-5-14(27)28/h3-4,7,10-11,15-19H,5-6,8H2,1-2H3,(H,25,31)(H,27,28)/t10-,11-,15-,16-,17+,18+,19-/m1/s1. The molecule has 0 unspecified atom stereocenters. The van der Waals surface area contributed by atoms with E-state index in [2.05, 4.69) is 4.98 Å². The number of aromatic nitrogens is 1. The van der Waals surface area contributed by atoms with Crippen LogP contribution in [0.3, 0.4) is 0 Å². The molecule has 3 fully saturated rings. The number of carboxylic acids is 1. The second kappa shape index (κ2) is 8.12. The number of likely N-dealkylation sites (tertiary alicyclic amines) is 1. The quantitative estimate of drug-likeness (QED) is 0.561. The first-order valence-electron chi connectivity index (χ1n) is 11.5. The van der Waals surface area contributed by atoms with Crippen LogP contribution >= 0.6 is 23.1 Å². The number of amides is 2. The number of thiazole rings is 1. The number of hydrogen-bond acceptors (Lipinski definition) is 8. The van der Waals surface area contributed by atoms with Crippen LogP contribution in [0, 0.1) is 29.6 Å². The van der Waals surface area contributed by atoms with Crippen LogP contribution in [0.4, 0.5) is 0 Å². The average Bonchev–Trinajstić information content (AvgIpc) is 3.56. The van der Waals surface area contributed by atoms with E-state index in [0.29, 0.717) is 11.5 Å². The monoisotopic (exact) mass is 516 g/mol. The molecule has 2 aromatic rings. The van der Waals surface area contributed by atoms with Gasteiger partial charge < -0.3 is 19.6 Å². The highest BCUT2D eigenvalue weighted by atomic mass is 32.2. The number of nitrogens with zero attached hydrogens (tertiary/aromatic N) is 1. The third kappa shape index (κ3) is 3.20. The summed E-state index contributed by atoms with van der Waals surface area (Å²) in [5, 5.41) is 9.99. The fraction of sp³-hybridized carbons (Fsp3) is 0.500. The lowest BCUT2D eigenvalue weighted by Gasteiger charge is -2.43. The number of aliphatic carboxylic acids is 1. The number of ether oxygens (including phenoxy) is 2. The maximum Gasteiger partial charge on any atom is 0.305 e. The highest BCUT2D eigenvalue weighted by Gasteiger charge is 2.69. The zero-order chi connectivity index (χ0) is 24.6. The molecule has 2 N–H and O–H groups in total. The van der Waals surface area contributed by atoms with Gasteiger partial charge >= 0.3 is 10.8 Å². The number of methoxy groups -OCH3 is 2. The summed E-state index contributed by atoms with van der Waals surface area (Å²) in [6.45, 7) is -0.0817. The number of H-pyrrole nitrogens is 1. The van der Waals surface area contributed by atoms with Crippen molar-refractivity contribution >= 4 is 40.9 Å². The lowest BCUT2D eigenvalue weighted by Crippen LogP contribution is -2.42. The van der Waals surface area contributed by atoms with E-state index in [4.69, 9.17) is 14.6 Å². The minimum atomic E-state index is -1.03. The molecule has 6 rings (SSSR count). The van der Waals surface area contributed by atoms with Gasteiger partial charge in [0.25, 0.3) is 0 Å².